The lowest BCUT2D eigenvalue weighted by molar-refractivity contribution is -0.157. The maximum absolute atomic E-state index is 12.1. The van der Waals surface area contributed by atoms with Crippen molar-refractivity contribution in [3.8, 4) is 0 Å². The van der Waals surface area contributed by atoms with Crippen molar-refractivity contribution in [2.24, 2.45) is 11.3 Å². The van der Waals surface area contributed by atoms with E-state index >= 15 is 0 Å². The van der Waals surface area contributed by atoms with E-state index in [4.69, 9.17) is 4.74 Å². The minimum atomic E-state index is -0.499. The van der Waals surface area contributed by atoms with E-state index in [9.17, 15) is 4.79 Å². The van der Waals surface area contributed by atoms with Gasteiger partial charge in [0.15, 0.2) is 0 Å². The van der Waals surface area contributed by atoms with Gasteiger partial charge in [0.05, 0.1) is 5.41 Å². The molecule has 0 amide bonds. The summed E-state index contributed by atoms with van der Waals surface area (Å²) in [6.45, 7) is 8.17. The van der Waals surface area contributed by atoms with Gasteiger partial charge in [0.1, 0.15) is 6.61 Å². The molecule has 0 aliphatic heterocycles. The molecule has 18 heavy (non-hydrogen) atoms. The highest BCUT2D eigenvalue weighted by Gasteiger charge is 2.33. The van der Waals surface area contributed by atoms with Crippen molar-refractivity contribution in [2.45, 2.75) is 34.3 Å². The summed E-state index contributed by atoms with van der Waals surface area (Å²) in [5.74, 6) is 0.00252. The van der Waals surface area contributed by atoms with Gasteiger partial charge in [0.2, 0.25) is 0 Å². The van der Waals surface area contributed by atoms with Gasteiger partial charge in [-0.2, -0.15) is 0 Å². The Bertz CT molecular complexity index is 404. The molecule has 0 radical (unpaired) electrons. The number of esters is 1. The Morgan fingerprint density at radius 3 is 2.50 bits per heavy atom. The van der Waals surface area contributed by atoms with Crippen LogP contribution in [-0.4, -0.2) is 5.97 Å². The molecule has 0 heterocycles. The summed E-state index contributed by atoms with van der Waals surface area (Å²) in [6, 6.07) is 9.74. The molecule has 0 saturated carbocycles. The van der Waals surface area contributed by atoms with Crippen LogP contribution >= 0.6 is 0 Å². The second-order valence-electron chi connectivity index (χ2n) is 5.10. The van der Waals surface area contributed by atoms with Crippen molar-refractivity contribution in [1.82, 2.24) is 0 Å². The molecule has 0 saturated heterocycles. The van der Waals surface area contributed by atoms with Crippen LogP contribution in [0.3, 0.4) is 0 Å². The zero-order valence-corrected chi connectivity index (χ0v) is 11.6. The smallest absolute Gasteiger partial charge is 0.312 e. The number of hydrogen-bond acceptors (Lipinski definition) is 2. The van der Waals surface area contributed by atoms with Crippen LogP contribution in [0.2, 0.25) is 0 Å². The van der Waals surface area contributed by atoms with E-state index in [0.29, 0.717) is 6.61 Å². The maximum Gasteiger partial charge on any atom is 0.312 e. The first kappa shape index (κ1) is 14.5. The summed E-state index contributed by atoms with van der Waals surface area (Å²) in [7, 11) is 0. The SMILES string of the molecule is CC=C[C@H](C)C(C)(C)C(=O)OCc1ccccc1. The van der Waals surface area contributed by atoms with Gasteiger partial charge in [0, 0.05) is 0 Å². The molecule has 1 atom stereocenters. The van der Waals surface area contributed by atoms with Crippen molar-refractivity contribution in [2.75, 3.05) is 0 Å². The predicted molar refractivity (Wildman–Crippen MR) is 74.0 cm³/mol. The third-order valence-electron chi connectivity index (χ3n) is 3.36. The zero-order chi connectivity index (χ0) is 13.6. The monoisotopic (exact) mass is 246 g/mol. The molecule has 0 N–H and O–H groups in total. The van der Waals surface area contributed by atoms with Crippen molar-refractivity contribution in [1.29, 1.82) is 0 Å². The second kappa shape index (κ2) is 6.39. The van der Waals surface area contributed by atoms with Crippen molar-refractivity contribution in [3.63, 3.8) is 0 Å². The molecule has 0 unspecified atom stereocenters. The number of carbonyl (C=O) groups excluding carboxylic acids is 1. The lowest BCUT2D eigenvalue weighted by Crippen LogP contribution is -2.32. The highest BCUT2D eigenvalue weighted by molar-refractivity contribution is 5.76. The third-order valence-corrected chi connectivity index (χ3v) is 3.36. The Balaban J connectivity index is 2.60. The van der Waals surface area contributed by atoms with Crippen LogP contribution < -0.4 is 0 Å². The average molecular weight is 246 g/mol. The van der Waals surface area contributed by atoms with Gasteiger partial charge < -0.3 is 4.74 Å². The zero-order valence-electron chi connectivity index (χ0n) is 11.6. The van der Waals surface area contributed by atoms with Crippen LogP contribution in [-0.2, 0) is 16.1 Å². The summed E-state index contributed by atoms with van der Waals surface area (Å²) in [5.41, 5.74) is 0.515. The Morgan fingerprint density at radius 1 is 1.33 bits per heavy atom. The maximum atomic E-state index is 12.1. The fraction of sp³-hybridized carbons (Fsp3) is 0.438. The molecule has 1 rings (SSSR count). The van der Waals surface area contributed by atoms with Gasteiger partial charge in [-0.05, 0) is 32.3 Å². The Kier molecular flexibility index (Phi) is 5.14. The van der Waals surface area contributed by atoms with Gasteiger partial charge in [0.25, 0.3) is 0 Å². The van der Waals surface area contributed by atoms with Gasteiger partial charge in [-0.3, -0.25) is 4.79 Å². The second-order valence-corrected chi connectivity index (χ2v) is 5.10. The third kappa shape index (κ3) is 3.73. The molecular weight excluding hydrogens is 224 g/mol. The Hall–Kier alpha value is -1.57. The quantitative estimate of drug-likeness (QED) is 0.580. The lowest BCUT2D eigenvalue weighted by Gasteiger charge is -2.27. The van der Waals surface area contributed by atoms with Crippen molar-refractivity contribution < 1.29 is 9.53 Å². The van der Waals surface area contributed by atoms with Gasteiger partial charge >= 0.3 is 5.97 Å². The fourth-order valence-corrected chi connectivity index (χ4v) is 1.62. The van der Waals surface area contributed by atoms with Crippen LogP contribution in [0.4, 0.5) is 0 Å². The van der Waals surface area contributed by atoms with Crippen LogP contribution in [0.25, 0.3) is 0 Å². The highest BCUT2D eigenvalue weighted by Crippen LogP contribution is 2.29. The number of ether oxygens (including phenoxy) is 1. The average Bonchev–Trinajstić information content (AvgIpc) is 2.37. The van der Waals surface area contributed by atoms with Gasteiger partial charge in [-0.25, -0.2) is 0 Å². The van der Waals surface area contributed by atoms with Crippen molar-refractivity contribution in [3.05, 3.63) is 48.0 Å². The summed E-state index contributed by atoms with van der Waals surface area (Å²) in [5, 5.41) is 0. The minimum absolute atomic E-state index is 0.156. The van der Waals surface area contributed by atoms with Crippen LogP contribution in [0.15, 0.2) is 42.5 Å². The number of allylic oxidation sites excluding steroid dienone is 2. The first-order chi connectivity index (χ1) is 8.48. The molecule has 2 nitrogen and oxygen atoms in total. The van der Waals surface area contributed by atoms with E-state index in [2.05, 4.69) is 0 Å². The van der Waals surface area contributed by atoms with E-state index in [1.165, 1.54) is 0 Å². The number of rotatable bonds is 5. The topological polar surface area (TPSA) is 26.3 Å². The van der Waals surface area contributed by atoms with Crippen molar-refractivity contribution >= 4 is 5.97 Å². The molecule has 0 spiro atoms. The standard InChI is InChI=1S/C16H22O2/c1-5-9-13(2)16(3,4)15(17)18-12-14-10-7-6-8-11-14/h5-11,13H,12H2,1-4H3/t13-/m0/s1. The number of carbonyl (C=O) groups is 1. The molecule has 98 valence electrons. The normalized spacial score (nSPS) is 13.6. The number of benzene rings is 1. The predicted octanol–water partition coefficient (Wildman–Crippen LogP) is 3.97. The van der Waals surface area contributed by atoms with E-state index in [1.54, 1.807) is 0 Å². The minimum Gasteiger partial charge on any atom is -0.460 e. The van der Waals surface area contributed by atoms with Gasteiger partial charge in [-0.15, -0.1) is 0 Å². The molecule has 1 aromatic carbocycles. The van der Waals surface area contributed by atoms with E-state index < -0.39 is 5.41 Å². The summed E-state index contributed by atoms with van der Waals surface area (Å²) >= 11 is 0. The molecule has 0 bridgehead atoms. The van der Waals surface area contributed by atoms with E-state index in [0.717, 1.165) is 5.56 Å². The van der Waals surface area contributed by atoms with Crippen LogP contribution in [0, 0.1) is 11.3 Å². The molecule has 0 aliphatic rings. The van der Waals surface area contributed by atoms with Crippen LogP contribution in [0.5, 0.6) is 0 Å². The van der Waals surface area contributed by atoms with Crippen LogP contribution in [0.1, 0.15) is 33.3 Å². The molecule has 0 aliphatic carbocycles. The molecule has 2 heteroatoms. The first-order valence-corrected chi connectivity index (χ1v) is 6.32. The first-order valence-electron chi connectivity index (χ1n) is 6.32. The lowest BCUT2D eigenvalue weighted by atomic mass is 9.80. The van der Waals surface area contributed by atoms with Gasteiger partial charge in [-0.1, -0.05) is 49.4 Å². The fourth-order valence-electron chi connectivity index (χ4n) is 1.62. The highest BCUT2D eigenvalue weighted by atomic mass is 16.5. The molecule has 0 fully saturated rings. The largest absolute Gasteiger partial charge is 0.460 e. The summed E-state index contributed by atoms with van der Waals surface area (Å²) in [4.78, 5) is 12.1. The summed E-state index contributed by atoms with van der Waals surface area (Å²) < 4.78 is 5.39. The Labute approximate surface area is 110 Å². The Morgan fingerprint density at radius 2 is 1.94 bits per heavy atom. The molecular formula is C16H22O2. The number of hydrogen-bond donors (Lipinski definition) is 0. The van der Waals surface area contributed by atoms with E-state index in [-0.39, 0.29) is 11.9 Å². The molecule has 0 aromatic heterocycles. The summed E-state index contributed by atoms with van der Waals surface area (Å²) in [6.07, 6.45) is 4.00. The molecule has 1 aromatic rings. The van der Waals surface area contributed by atoms with E-state index in [1.807, 2.05) is 70.2 Å².